The van der Waals surface area contributed by atoms with Crippen molar-refractivity contribution >= 4 is 29.3 Å². The third-order valence-corrected chi connectivity index (χ3v) is 7.83. The average molecular weight is 509 g/mol. The predicted octanol–water partition coefficient (Wildman–Crippen LogP) is 1.97. The Balaban J connectivity index is 1.34. The average Bonchev–Trinajstić information content (AvgIpc) is 3.25. The third kappa shape index (κ3) is 4.72. The van der Waals surface area contributed by atoms with Crippen LogP contribution in [0.5, 0.6) is 11.5 Å². The maximum atomic E-state index is 13.6. The Kier molecular flexibility index (Phi) is 6.99. The number of nitrogens with zero attached hydrogens (tertiary/aromatic N) is 4. The molecule has 10 heteroatoms. The molecular formula is C27H32N4O6. The first-order valence-electron chi connectivity index (χ1n) is 12.8. The van der Waals surface area contributed by atoms with Crippen molar-refractivity contribution in [3.63, 3.8) is 0 Å². The van der Waals surface area contributed by atoms with Crippen LogP contribution in [0.3, 0.4) is 0 Å². The Hall–Kier alpha value is -3.69. The molecule has 1 aliphatic carbocycles. The number of methoxy groups -OCH3 is 2. The van der Waals surface area contributed by atoms with E-state index in [0.29, 0.717) is 43.9 Å². The lowest BCUT2D eigenvalue weighted by Crippen LogP contribution is -2.53. The van der Waals surface area contributed by atoms with Gasteiger partial charge in [-0.05, 0) is 43.9 Å². The van der Waals surface area contributed by atoms with Crippen molar-refractivity contribution in [3.05, 3.63) is 35.9 Å². The van der Waals surface area contributed by atoms with E-state index in [-0.39, 0.29) is 60.9 Å². The highest BCUT2D eigenvalue weighted by Gasteiger charge is 2.43. The molecule has 0 radical (unpaired) electrons. The fourth-order valence-electron chi connectivity index (χ4n) is 5.72. The minimum absolute atomic E-state index is 0.0101. The molecule has 0 N–H and O–H groups in total. The van der Waals surface area contributed by atoms with Crippen molar-refractivity contribution in [2.45, 2.75) is 44.6 Å². The maximum absolute atomic E-state index is 13.6. The van der Waals surface area contributed by atoms with Gasteiger partial charge in [0, 0.05) is 37.4 Å². The molecule has 0 unspecified atom stereocenters. The van der Waals surface area contributed by atoms with Crippen LogP contribution < -0.4 is 9.47 Å². The van der Waals surface area contributed by atoms with Crippen LogP contribution in [-0.4, -0.2) is 84.0 Å². The summed E-state index contributed by atoms with van der Waals surface area (Å²) < 4.78 is 10.9. The Morgan fingerprint density at radius 1 is 0.946 bits per heavy atom. The van der Waals surface area contributed by atoms with E-state index in [1.807, 2.05) is 18.2 Å². The molecule has 0 aromatic heterocycles. The van der Waals surface area contributed by atoms with Crippen LogP contribution in [0.4, 0.5) is 0 Å². The first kappa shape index (κ1) is 25.0. The van der Waals surface area contributed by atoms with Crippen molar-refractivity contribution in [2.24, 2.45) is 16.9 Å². The largest absolute Gasteiger partial charge is 0.493 e. The molecule has 1 aromatic carbocycles. The zero-order valence-electron chi connectivity index (χ0n) is 21.2. The molecule has 4 amide bonds. The number of fused-ring (bicyclic) bond motifs is 1. The number of likely N-dealkylation sites (tertiary alicyclic amines) is 2. The SMILES string of the molecule is COc1ccc(C2=NN(C3CCN(C(=O)CN4C(=O)CCC4=O)CC3)C(=O)[C@@H]3CC=CC[C@H]23)cc1OC. The number of hydrogen-bond acceptors (Lipinski definition) is 7. The van der Waals surface area contributed by atoms with Gasteiger partial charge in [-0.1, -0.05) is 12.2 Å². The van der Waals surface area contributed by atoms with Gasteiger partial charge in [0.2, 0.25) is 23.6 Å². The highest BCUT2D eigenvalue weighted by Crippen LogP contribution is 2.38. The zero-order valence-corrected chi connectivity index (χ0v) is 21.2. The normalized spacial score (nSPS) is 24.3. The molecular weight excluding hydrogens is 476 g/mol. The number of ether oxygens (including phenoxy) is 2. The number of amides is 4. The van der Waals surface area contributed by atoms with E-state index in [9.17, 15) is 19.2 Å². The minimum Gasteiger partial charge on any atom is -0.493 e. The summed E-state index contributed by atoms with van der Waals surface area (Å²) in [5.41, 5.74) is 1.76. The van der Waals surface area contributed by atoms with Crippen LogP contribution >= 0.6 is 0 Å². The van der Waals surface area contributed by atoms with E-state index in [4.69, 9.17) is 14.6 Å². The quantitative estimate of drug-likeness (QED) is 0.429. The minimum atomic E-state index is -0.291. The molecule has 2 saturated heterocycles. The summed E-state index contributed by atoms with van der Waals surface area (Å²) in [4.78, 5) is 52.8. The van der Waals surface area contributed by atoms with Crippen LogP contribution in [0.2, 0.25) is 0 Å². The van der Waals surface area contributed by atoms with Crippen LogP contribution in [-0.2, 0) is 19.2 Å². The van der Waals surface area contributed by atoms with E-state index < -0.39 is 0 Å². The molecule has 37 heavy (non-hydrogen) atoms. The molecule has 3 aliphatic heterocycles. The van der Waals surface area contributed by atoms with Crippen LogP contribution in [0.25, 0.3) is 0 Å². The summed E-state index contributed by atoms with van der Waals surface area (Å²) in [5.74, 6) is 0.249. The molecule has 3 heterocycles. The van der Waals surface area contributed by atoms with Crippen molar-refractivity contribution in [2.75, 3.05) is 33.9 Å². The number of benzene rings is 1. The maximum Gasteiger partial charge on any atom is 0.247 e. The topological polar surface area (TPSA) is 109 Å². The number of carbonyl (C=O) groups excluding carboxylic acids is 4. The van der Waals surface area contributed by atoms with E-state index in [1.54, 1.807) is 24.1 Å². The summed E-state index contributed by atoms with van der Waals surface area (Å²) in [6, 6.07) is 5.58. The molecule has 0 bridgehead atoms. The van der Waals surface area contributed by atoms with Crippen molar-refractivity contribution in [3.8, 4) is 11.5 Å². The van der Waals surface area contributed by atoms with Gasteiger partial charge in [-0.3, -0.25) is 24.1 Å². The highest BCUT2D eigenvalue weighted by atomic mass is 16.5. The van der Waals surface area contributed by atoms with Gasteiger partial charge in [-0.25, -0.2) is 5.01 Å². The standard InChI is InChI=1S/C27H32N4O6/c1-36-21-8-7-17(15-22(21)37-2)26-19-5-3-4-6-20(19)27(35)31(28-26)18-11-13-29(14-12-18)25(34)16-30-23(32)9-10-24(30)33/h3-4,7-8,15,18-20H,5-6,9-14,16H2,1-2H3/t19-,20+/m0/s1. The Bertz CT molecular complexity index is 1150. The van der Waals surface area contributed by atoms with Gasteiger partial charge in [-0.2, -0.15) is 5.10 Å². The lowest BCUT2D eigenvalue weighted by molar-refractivity contribution is -0.147. The summed E-state index contributed by atoms with van der Waals surface area (Å²) >= 11 is 0. The number of hydrogen-bond donors (Lipinski definition) is 0. The fourth-order valence-corrected chi connectivity index (χ4v) is 5.72. The van der Waals surface area contributed by atoms with E-state index in [2.05, 4.69) is 12.2 Å². The second kappa shape index (κ2) is 10.4. The number of imide groups is 1. The number of piperidine rings is 1. The molecule has 5 rings (SSSR count). The second-order valence-electron chi connectivity index (χ2n) is 9.88. The van der Waals surface area contributed by atoms with Crippen molar-refractivity contribution in [1.29, 1.82) is 0 Å². The summed E-state index contributed by atoms with van der Waals surface area (Å²) in [5, 5.41) is 6.55. The van der Waals surface area contributed by atoms with Gasteiger partial charge in [0.05, 0.1) is 31.9 Å². The van der Waals surface area contributed by atoms with Gasteiger partial charge >= 0.3 is 0 Å². The summed E-state index contributed by atoms with van der Waals surface area (Å²) in [6.45, 7) is 0.681. The number of rotatable bonds is 6. The molecule has 4 aliphatic rings. The van der Waals surface area contributed by atoms with E-state index in [0.717, 1.165) is 22.6 Å². The molecule has 0 spiro atoms. The van der Waals surface area contributed by atoms with Gasteiger partial charge in [0.1, 0.15) is 6.54 Å². The zero-order chi connectivity index (χ0) is 26.1. The molecule has 2 atom stereocenters. The van der Waals surface area contributed by atoms with Gasteiger partial charge < -0.3 is 14.4 Å². The van der Waals surface area contributed by atoms with E-state index in [1.165, 1.54) is 0 Å². The second-order valence-corrected chi connectivity index (χ2v) is 9.88. The lowest BCUT2D eigenvalue weighted by atomic mass is 9.76. The summed E-state index contributed by atoms with van der Waals surface area (Å²) in [7, 11) is 3.19. The Morgan fingerprint density at radius 3 is 2.24 bits per heavy atom. The first-order valence-corrected chi connectivity index (χ1v) is 12.8. The summed E-state index contributed by atoms with van der Waals surface area (Å²) in [6.07, 6.45) is 7.09. The Labute approximate surface area is 215 Å². The number of allylic oxidation sites excluding steroid dienone is 2. The number of carbonyl (C=O) groups is 4. The van der Waals surface area contributed by atoms with Crippen molar-refractivity contribution < 1.29 is 28.7 Å². The van der Waals surface area contributed by atoms with E-state index >= 15 is 0 Å². The predicted molar refractivity (Wildman–Crippen MR) is 134 cm³/mol. The van der Waals surface area contributed by atoms with Crippen LogP contribution in [0, 0.1) is 11.8 Å². The first-order chi connectivity index (χ1) is 17.9. The smallest absolute Gasteiger partial charge is 0.247 e. The Morgan fingerprint density at radius 2 is 1.59 bits per heavy atom. The molecule has 1 aromatic rings. The van der Waals surface area contributed by atoms with Crippen LogP contribution in [0.1, 0.15) is 44.1 Å². The van der Waals surface area contributed by atoms with Gasteiger partial charge in [0.15, 0.2) is 11.5 Å². The van der Waals surface area contributed by atoms with Crippen LogP contribution in [0.15, 0.2) is 35.5 Å². The van der Waals surface area contributed by atoms with Gasteiger partial charge in [0.25, 0.3) is 0 Å². The van der Waals surface area contributed by atoms with Gasteiger partial charge in [-0.15, -0.1) is 0 Å². The third-order valence-electron chi connectivity index (χ3n) is 7.83. The monoisotopic (exact) mass is 508 g/mol. The van der Waals surface area contributed by atoms with Crippen molar-refractivity contribution in [1.82, 2.24) is 14.8 Å². The fraction of sp³-hybridized carbons (Fsp3) is 0.519. The molecule has 196 valence electrons. The number of hydrazone groups is 1. The molecule has 0 saturated carbocycles. The molecule has 10 nitrogen and oxygen atoms in total. The lowest BCUT2D eigenvalue weighted by Gasteiger charge is -2.42. The molecule has 2 fully saturated rings. The highest BCUT2D eigenvalue weighted by molar-refractivity contribution is 6.07.